The van der Waals surface area contributed by atoms with Crippen LogP contribution in [0.4, 0.5) is 5.69 Å². The molecule has 1 atom stereocenters. The largest absolute Gasteiger partial charge is 0.497 e. The fourth-order valence-electron chi connectivity index (χ4n) is 2.26. The van der Waals surface area contributed by atoms with E-state index in [9.17, 15) is 0 Å². The van der Waals surface area contributed by atoms with Crippen LogP contribution < -0.4 is 15.4 Å². The SMILES string of the molecule is CCN(c1ccc(C)cc1)C(N)c1ccc(OC)cc1. The van der Waals surface area contributed by atoms with Crippen LogP contribution >= 0.6 is 0 Å². The van der Waals surface area contributed by atoms with Crippen molar-refractivity contribution < 1.29 is 4.74 Å². The van der Waals surface area contributed by atoms with E-state index in [1.54, 1.807) is 7.11 Å². The first kappa shape index (κ1) is 14.4. The van der Waals surface area contributed by atoms with Crippen molar-refractivity contribution in [3.63, 3.8) is 0 Å². The molecule has 1 unspecified atom stereocenters. The fraction of sp³-hybridized carbons (Fsp3) is 0.294. The quantitative estimate of drug-likeness (QED) is 0.845. The molecule has 3 heteroatoms. The Balaban J connectivity index is 2.23. The molecule has 0 aliphatic rings. The van der Waals surface area contributed by atoms with Crippen LogP contribution in [-0.4, -0.2) is 13.7 Å². The second-order valence-corrected chi connectivity index (χ2v) is 4.84. The van der Waals surface area contributed by atoms with Gasteiger partial charge < -0.3 is 15.4 Å². The average Bonchev–Trinajstić information content (AvgIpc) is 2.50. The minimum absolute atomic E-state index is 0.159. The molecule has 0 amide bonds. The number of rotatable bonds is 5. The molecule has 0 aliphatic heterocycles. The molecular formula is C17H22N2O. The number of anilines is 1. The second kappa shape index (κ2) is 6.44. The summed E-state index contributed by atoms with van der Waals surface area (Å²) in [5.41, 5.74) is 9.87. The lowest BCUT2D eigenvalue weighted by atomic mass is 10.1. The molecule has 0 bridgehead atoms. The van der Waals surface area contributed by atoms with Gasteiger partial charge in [0.15, 0.2) is 0 Å². The molecule has 0 spiro atoms. The van der Waals surface area contributed by atoms with Gasteiger partial charge in [-0.15, -0.1) is 0 Å². The van der Waals surface area contributed by atoms with Gasteiger partial charge in [0.25, 0.3) is 0 Å². The molecule has 106 valence electrons. The first-order valence-corrected chi connectivity index (χ1v) is 6.88. The van der Waals surface area contributed by atoms with Gasteiger partial charge in [-0.25, -0.2) is 0 Å². The molecule has 0 saturated carbocycles. The van der Waals surface area contributed by atoms with Crippen LogP contribution in [0.1, 0.15) is 24.2 Å². The summed E-state index contributed by atoms with van der Waals surface area (Å²) in [6.07, 6.45) is -0.159. The second-order valence-electron chi connectivity index (χ2n) is 4.84. The number of nitrogens with zero attached hydrogens (tertiary/aromatic N) is 1. The van der Waals surface area contributed by atoms with Gasteiger partial charge in [0, 0.05) is 12.2 Å². The number of hydrogen-bond donors (Lipinski definition) is 1. The highest BCUT2D eigenvalue weighted by Crippen LogP contribution is 2.25. The molecular weight excluding hydrogens is 248 g/mol. The van der Waals surface area contributed by atoms with Gasteiger partial charge in [-0.05, 0) is 43.7 Å². The molecule has 0 fully saturated rings. The van der Waals surface area contributed by atoms with Crippen molar-refractivity contribution in [1.82, 2.24) is 0 Å². The van der Waals surface area contributed by atoms with E-state index in [1.165, 1.54) is 5.56 Å². The molecule has 2 N–H and O–H groups in total. The lowest BCUT2D eigenvalue weighted by molar-refractivity contribution is 0.414. The zero-order valence-corrected chi connectivity index (χ0v) is 12.3. The normalized spacial score (nSPS) is 12.0. The van der Waals surface area contributed by atoms with Crippen molar-refractivity contribution in [3.05, 3.63) is 59.7 Å². The van der Waals surface area contributed by atoms with Gasteiger partial charge in [-0.2, -0.15) is 0 Å². The van der Waals surface area contributed by atoms with Crippen LogP contribution in [0.25, 0.3) is 0 Å². The minimum atomic E-state index is -0.159. The first-order valence-electron chi connectivity index (χ1n) is 6.88. The van der Waals surface area contributed by atoms with Gasteiger partial charge in [0.2, 0.25) is 0 Å². The Morgan fingerprint density at radius 3 is 2.15 bits per heavy atom. The minimum Gasteiger partial charge on any atom is -0.497 e. The third-order valence-electron chi connectivity index (χ3n) is 3.50. The Hall–Kier alpha value is -2.00. The van der Waals surface area contributed by atoms with Crippen molar-refractivity contribution in [3.8, 4) is 5.75 Å². The van der Waals surface area contributed by atoms with Crippen LogP contribution in [-0.2, 0) is 0 Å². The third-order valence-corrected chi connectivity index (χ3v) is 3.50. The number of benzene rings is 2. The zero-order valence-electron chi connectivity index (χ0n) is 12.3. The Bertz CT molecular complexity index is 534. The van der Waals surface area contributed by atoms with Crippen LogP contribution in [0.3, 0.4) is 0 Å². The van der Waals surface area contributed by atoms with Crippen LogP contribution in [0.2, 0.25) is 0 Å². The maximum Gasteiger partial charge on any atom is 0.118 e. The Kier molecular flexibility index (Phi) is 4.64. The number of methoxy groups -OCH3 is 1. The predicted molar refractivity (Wildman–Crippen MR) is 84.1 cm³/mol. The van der Waals surface area contributed by atoms with Crippen LogP contribution in [0.15, 0.2) is 48.5 Å². The van der Waals surface area contributed by atoms with Gasteiger partial charge in [0.1, 0.15) is 11.9 Å². The number of hydrogen-bond acceptors (Lipinski definition) is 3. The molecule has 2 rings (SSSR count). The van der Waals surface area contributed by atoms with E-state index >= 15 is 0 Å². The van der Waals surface area contributed by atoms with Gasteiger partial charge >= 0.3 is 0 Å². The highest BCUT2D eigenvalue weighted by atomic mass is 16.5. The summed E-state index contributed by atoms with van der Waals surface area (Å²) in [5, 5.41) is 0. The number of nitrogens with two attached hydrogens (primary N) is 1. The molecule has 0 radical (unpaired) electrons. The highest BCUT2D eigenvalue weighted by molar-refractivity contribution is 5.49. The molecule has 0 heterocycles. The van der Waals surface area contributed by atoms with E-state index < -0.39 is 0 Å². The smallest absolute Gasteiger partial charge is 0.118 e. The molecule has 2 aromatic rings. The molecule has 0 aromatic heterocycles. The molecule has 20 heavy (non-hydrogen) atoms. The number of aryl methyl sites for hydroxylation is 1. The summed E-state index contributed by atoms with van der Waals surface area (Å²) in [6.45, 7) is 5.06. The lowest BCUT2D eigenvalue weighted by Gasteiger charge is -2.30. The predicted octanol–water partition coefficient (Wildman–Crippen LogP) is 3.49. The van der Waals surface area contributed by atoms with E-state index in [0.29, 0.717) is 0 Å². The topological polar surface area (TPSA) is 38.5 Å². The first-order chi connectivity index (χ1) is 9.65. The average molecular weight is 270 g/mol. The summed E-state index contributed by atoms with van der Waals surface area (Å²) in [5.74, 6) is 0.847. The van der Waals surface area contributed by atoms with Crippen molar-refractivity contribution in [2.24, 2.45) is 5.73 Å². The lowest BCUT2D eigenvalue weighted by Crippen LogP contribution is -2.34. The van der Waals surface area contributed by atoms with E-state index in [1.807, 2.05) is 24.3 Å². The van der Waals surface area contributed by atoms with Crippen LogP contribution in [0.5, 0.6) is 5.75 Å². The summed E-state index contributed by atoms with van der Waals surface area (Å²) in [4.78, 5) is 2.18. The van der Waals surface area contributed by atoms with Crippen molar-refractivity contribution in [2.75, 3.05) is 18.6 Å². The molecule has 0 aliphatic carbocycles. The van der Waals surface area contributed by atoms with Crippen molar-refractivity contribution >= 4 is 5.69 Å². The Labute approximate surface area is 121 Å². The number of ether oxygens (including phenoxy) is 1. The highest BCUT2D eigenvalue weighted by Gasteiger charge is 2.15. The van der Waals surface area contributed by atoms with E-state index in [0.717, 1.165) is 23.5 Å². The summed E-state index contributed by atoms with van der Waals surface area (Å²) in [7, 11) is 1.67. The maximum absolute atomic E-state index is 6.40. The van der Waals surface area contributed by atoms with Gasteiger partial charge in [-0.3, -0.25) is 0 Å². The standard InChI is InChI=1S/C17H22N2O/c1-4-19(15-9-5-13(2)6-10-15)17(18)14-7-11-16(20-3)12-8-14/h5-12,17H,4,18H2,1-3H3. The van der Waals surface area contributed by atoms with Gasteiger partial charge in [-0.1, -0.05) is 29.8 Å². The fourth-order valence-corrected chi connectivity index (χ4v) is 2.26. The van der Waals surface area contributed by atoms with Crippen molar-refractivity contribution in [1.29, 1.82) is 0 Å². The molecule has 0 saturated heterocycles. The van der Waals surface area contributed by atoms with E-state index in [2.05, 4.69) is 43.0 Å². The van der Waals surface area contributed by atoms with E-state index in [-0.39, 0.29) is 6.17 Å². The van der Waals surface area contributed by atoms with Crippen LogP contribution in [0, 0.1) is 6.92 Å². The van der Waals surface area contributed by atoms with E-state index in [4.69, 9.17) is 10.5 Å². The third kappa shape index (κ3) is 3.11. The van der Waals surface area contributed by atoms with Crippen molar-refractivity contribution in [2.45, 2.75) is 20.0 Å². The summed E-state index contributed by atoms with van der Waals surface area (Å²) >= 11 is 0. The zero-order chi connectivity index (χ0) is 14.5. The Morgan fingerprint density at radius 2 is 1.65 bits per heavy atom. The summed E-state index contributed by atoms with van der Waals surface area (Å²) < 4.78 is 5.18. The molecule has 2 aromatic carbocycles. The van der Waals surface area contributed by atoms with Gasteiger partial charge in [0.05, 0.1) is 7.11 Å². The Morgan fingerprint density at radius 1 is 1.05 bits per heavy atom. The molecule has 3 nitrogen and oxygen atoms in total. The maximum atomic E-state index is 6.40. The summed E-state index contributed by atoms with van der Waals surface area (Å²) in [6, 6.07) is 16.4. The monoisotopic (exact) mass is 270 g/mol.